The molecule has 2 N–H and O–H groups in total. The number of fused-ring (bicyclic) bond motifs is 1. The van der Waals surface area contributed by atoms with E-state index in [0.29, 0.717) is 6.54 Å². The number of hydrogen-bond donors (Lipinski definition) is 1. The minimum atomic E-state index is 0.653. The van der Waals surface area contributed by atoms with E-state index in [1.54, 1.807) is 0 Å². The highest BCUT2D eigenvalue weighted by atomic mass is 15.2. The molecule has 0 bridgehead atoms. The lowest BCUT2D eigenvalue weighted by molar-refractivity contribution is 0.715. The van der Waals surface area contributed by atoms with Gasteiger partial charge < -0.3 is 10.6 Å². The maximum absolute atomic E-state index is 5.70. The van der Waals surface area contributed by atoms with Gasteiger partial charge in [0, 0.05) is 25.0 Å². The molecule has 0 radical (unpaired) electrons. The number of rotatable bonds is 6. The third-order valence-electron chi connectivity index (χ3n) is 3.05. The standard InChI is InChI=1S/C14H20N4/c1-2-3-9-18(10-8-15)14-11-16-17-13-7-5-4-6-12(13)14/h4-7,11H,2-3,8-10,15H2,1H3. The van der Waals surface area contributed by atoms with Crippen molar-refractivity contribution in [3.8, 4) is 0 Å². The Balaban J connectivity index is 2.36. The first-order chi connectivity index (χ1) is 8.86. The van der Waals surface area contributed by atoms with E-state index in [9.17, 15) is 0 Å². The first kappa shape index (κ1) is 12.8. The lowest BCUT2D eigenvalue weighted by Gasteiger charge is -2.24. The first-order valence-corrected chi connectivity index (χ1v) is 6.52. The normalized spacial score (nSPS) is 10.8. The van der Waals surface area contributed by atoms with Crippen LogP contribution >= 0.6 is 0 Å². The molecular formula is C14H20N4. The number of unbranched alkanes of at least 4 members (excludes halogenated alkanes) is 1. The number of anilines is 1. The van der Waals surface area contributed by atoms with Gasteiger partial charge in [0.05, 0.1) is 17.4 Å². The molecule has 4 heteroatoms. The molecule has 0 aliphatic heterocycles. The average Bonchev–Trinajstić information content (AvgIpc) is 2.43. The molecule has 0 saturated carbocycles. The van der Waals surface area contributed by atoms with Crippen LogP contribution in [-0.4, -0.2) is 29.8 Å². The molecule has 96 valence electrons. The Kier molecular flexibility index (Phi) is 4.47. The van der Waals surface area contributed by atoms with Crippen LogP contribution in [0.25, 0.3) is 10.9 Å². The van der Waals surface area contributed by atoms with E-state index in [1.807, 2.05) is 24.4 Å². The van der Waals surface area contributed by atoms with Gasteiger partial charge in [-0.2, -0.15) is 10.2 Å². The quantitative estimate of drug-likeness (QED) is 0.846. The molecule has 2 aromatic rings. The Hall–Kier alpha value is -1.68. The zero-order valence-corrected chi connectivity index (χ0v) is 10.8. The summed E-state index contributed by atoms with van der Waals surface area (Å²) in [7, 11) is 0. The molecule has 0 aliphatic carbocycles. The highest BCUT2D eigenvalue weighted by Gasteiger charge is 2.09. The second-order valence-corrected chi connectivity index (χ2v) is 4.38. The topological polar surface area (TPSA) is 55.0 Å². The summed E-state index contributed by atoms with van der Waals surface area (Å²) in [5, 5.41) is 9.40. The summed E-state index contributed by atoms with van der Waals surface area (Å²) >= 11 is 0. The Morgan fingerprint density at radius 1 is 1.22 bits per heavy atom. The third-order valence-corrected chi connectivity index (χ3v) is 3.05. The van der Waals surface area contributed by atoms with Crippen LogP contribution in [0.5, 0.6) is 0 Å². The number of hydrogen-bond acceptors (Lipinski definition) is 4. The summed E-state index contributed by atoms with van der Waals surface area (Å²) < 4.78 is 0. The van der Waals surface area contributed by atoms with Crippen LogP contribution in [0, 0.1) is 0 Å². The van der Waals surface area contributed by atoms with Crippen LogP contribution in [0.2, 0.25) is 0 Å². The Morgan fingerprint density at radius 2 is 2.06 bits per heavy atom. The molecule has 1 heterocycles. The van der Waals surface area contributed by atoms with Crippen molar-refractivity contribution in [2.75, 3.05) is 24.5 Å². The molecule has 0 saturated heterocycles. The number of nitrogens with zero attached hydrogens (tertiary/aromatic N) is 3. The Bertz CT molecular complexity index is 493. The van der Waals surface area contributed by atoms with Gasteiger partial charge in [-0.25, -0.2) is 0 Å². The molecule has 0 spiro atoms. The van der Waals surface area contributed by atoms with Gasteiger partial charge in [-0.3, -0.25) is 0 Å². The molecule has 18 heavy (non-hydrogen) atoms. The SMILES string of the molecule is CCCCN(CCN)c1cnnc2ccccc12. The molecule has 0 aliphatic rings. The second-order valence-electron chi connectivity index (χ2n) is 4.38. The maximum atomic E-state index is 5.70. The first-order valence-electron chi connectivity index (χ1n) is 6.52. The maximum Gasteiger partial charge on any atom is 0.0950 e. The van der Waals surface area contributed by atoms with Gasteiger partial charge in [-0.15, -0.1) is 0 Å². The van der Waals surface area contributed by atoms with Gasteiger partial charge in [0.2, 0.25) is 0 Å². The average molecular weight is 244 g/mol. The van der Waals surface area contributed by atoms with E-state index in [0.717, 1.165) is 36.1 Å². The Labute approximate surface area is 108 Å². The zero-order chi connectivity index (χ0) is 12.8. The number of benzene rings is 1. The molecule has 0 unspecified atom stereocenters. The minimum absolute atomic E-state index is 0.653. The zero-order valence-electron chi connectivity index (χ0n) is 10.8. The Morgan fingerprint density at radius 3 is 2.83 bits per heavy atom. The van der Waals surface area contributed by atoms with Crippen molar-refractivity contribution in [3.63, 3.8) is 0 Å². The van der Waals surface area contributed by atoms with Crippen LogP contribution in [0.4, 0.5) is 5.69 Å². The molecule has 0 atom stereocenters. The van der Waals surface area contributed by atoms with Gasteiger partial charge in [0.1, 0.15) is 0 Å². The predicted octanol–water partition coefficient (Wildman–Crippen LogP) is 2.19. The third kappa shape index (κ3) is 2.76. The molecule has 1 aromatic heterocycles. The van der Waals surface area contributed by atoms with Gasteiger partial charge in [0.25, 0.3) is 0 Å². The van der Waals surface area contributed by atoms with E-state index in [2.05, 4.69) is 28.1 Å². The van der Waals surface area contributed by atoms with Gasteiger partial charge in [-0.1, -0.05) is 31.5 Å². The summed E-state index contributed by atoms with van der Waals surface area (Å²) in [5.74, 6) is 0. The smallest absolute Gasteiger partial charge is 0.0950 e. The molecule has 1 aromatic carbocycles. The van der Waals surface area contributed by atoms with E-state index in [-0.39, 0.29) is 0 Å². The minimum Gasteiger partial charge on any atom is -0.368 e. The highest BCUT2D eigenvalue weighted by Crippen LogP contribution is 2.24. The van der Waals surface area contributed by atoms with E-state index < -0.39 is 0 Å². The molecule has 0 amide bonds. The van der Waals surface area contributed by atoms with E-state index in [1.165, 1.54) is 6.42 Å². The summed E-state index contributed by atoms with van der Waals surface area (Å²) in [6.07, 6.45) is 4.18. The van der Waals surface area contributed by atoms with Crippen LogP contribution in [-0.2, 0) is 0 Å². The summed E-state index contributed by atoms with van der Waals surface area (Å²) in [6.45, 7) is 4.73. The van der Waals surface area contributed by atoms with E-state index >= 15 is 0 Å². The van der Waals surface area contributed by atoms with Gasteiger partial charge >= 0.3 is 0 Å². The largest absolute Gasteiger partial charge is 0.368 e. The van der Waals surface area contributed by atoms with E-state index in [4.69, 9.17) is 5.73 Å². The van der Waals surface area contributed by atoms with Gasteiger partial charge in [0.15, 0.2) is 0 Å². The fraction of sp³-hybridized carbons (Fsp3) is 0.429. The van der Waals surface area contributed by atoms with Crippen LogP contribution in [0.15, 0.2) is 30.5 Å². The summed E-state index contributed by atoms with van der Waals surface area (Å²) in [5.41, 5.74) is 7.78. The predicted molar refractivity (Wildman–Crippen MR) is 75.7 cm³/mol. The molecule has 4 nitrogen and oxygen atoms in total. The van der Waals surface area contributed by atoms with Crippen molar-refractivity contribution in [3.05, 3.63) is 30.5 Å². The van der Waals surface area contributed by atoms with Crippen molar-refractivity contribution in [1.82, 2.24) is 10.2 Å². The fourth-order valence-electron chi connectivity index (χ4n) is 2.10. The van der Waals surface area contributed by atoms with Crippen molar-refractivity contribution >= 4 is 16.6 Å². The summed E-state index contributed by atoms with van der Waals surface area (Å²) in [6, 6.07) is 8.11. The monoisotopic (exact) mass is 244 g/mol. The summed E-state index contributed by atoms with van der Waals surface area (Å²) in [4.78, 5) is 2.31. The van der Waals surface area contributed by atoms with Crippen LogP contribution < -0.4 is 10.6 Å². The van der Waals surface area contributed by atoms with Crippen molar-refractivity contribution in [2.45, 2.75) is 19.8 Å². The van der Waals surface area contributed by atoms with Crippen LogP contribution in [0.3, 0.4) is 0 Å². The van der Waals surface area contributed by atoms with Crippen molar-refractivity contribution in [2.24, 2.45) is 5.73 Å². The highest BCUT2D eigenvalue weighted by molar-refractivity contribution is 5.90. The number of aromatic nitrogens is 2. The van der Waals surface area contributed by atoms with Gasteiger partial charge in [-0.05, 0) is 12.5 Å². The second kappa shape index (κ2) is 6.31. The lowest BCUT2D eigenvalue weighted by Crippen LogP contribution is -2.30. The molecular weight excluding hydrogens is 224 g/mol. The fourth-order valence-corrected chi connectivity index (χ4v) is 2.10. The lowest BCUT2D eigenvalue weighted by atomic mass is 10.2. The van der Waals surface area contributed by atoms with Crippen LogP contribution in [0.1, 0.15) is 19.8 Å². The van der Waals surface area contributed by atoms with Crippen molar-refractivity contribution in [1.29, 1.82) is 0 Å². The number of nitrogens with two attached hydrogens (primary N) is 1. The molecule has 2 rings (SSSR count). The molecule has 0 fully saturated rings. The van der Waals surface area contributed by atoms with Crippen molar-refractivity contribution < 1.29 is 0 Å².